The van der Waals surface area contributed by atoms with E-state index in [1.807, 2.05) is 31.2 Å². The number of fused-ring (bicyclic) bond motifs is 1. The quantitative estimate of drug-likeness (QED) is 0.916. The van der Waals surface area contributed by atoms with E-state index < -0.39 is 0 Å². The van der Waals surface area contributed by atoms with Crippen LogP contribution in [-0.4, -0.2) is 41.3 Å². The monoisotopic (exact) mass is 329 g/mol. The van der Waals surface area contributed by atoms with E-state index in [9.17, 15) is 4.79 Å². The van der Waals surface area contributed by atoms with Crippen molar-refractivity contribution in [1.29, 1.82) is 0 Å². The first-order valence-corrected chi connectivity index (χ1v) is 8.31. The summed E-state index contributed by atoms with van der Waals surface area (Å²) >= 11 is 0. The van der Waals surface area contributed by atoms with E-state index in [1.54, 1.807) is 11.9 Å². The third-order valence-electron chi connectivity index (χ3n) is 4.32. The van der Waals surface area contributed by atoms with Gasteiger partial charge in [0.1, 0.15) is 18.9 Å². The molecule has 0 spiro atoms. The summed E-state index contributed by atoms with van der Waals surface area (Å²) in [4.78, 5) is 14.3. The predicted molar refractivity (Wildman–Crippen MR) is 90.5 cm³/mol. The molecule has 0 bridgehead atoms. The molecule has 0 saturated carbocycles. The first-order valence-electron chi connectivity index (χ1n) is 8.31. The highest BCUT2D eigenvalue weighted by Crippen LogP contribution is 2.34. The van der Waals surface area contributed by atoms with Gasteiger partial charge in [0, 0.05) is 12.7 Å². The standard InChI is InChI=1S/C18H23N3O3/c1-4-5-14-11-15(20-19-14)18(22)21(3)12(2)13-6-7-16-17(10-13)24-9-8-23-16/h6-7,10-12H,4-5,8-9H2,1-3H3,(H,19,20)/t12-/m1/s1. The van der Waals surface area contributed by atoms with Crippen molar-refractivity contribution in [3.8, 4) is 11.5 Å². The van der Waals surface area contributed by atoms with Crippen molar-refractivity contribution in [1.82, 2.24) is 15.1 Å². The summed E-state index contributed by atoms with van der Waals surface area (Å²) in [7, 11) is 1.79. The van der Waals surface area contributed by atoms with Crippen LogP contribution in [0.25, 0.3) is 0 Å². The van der Waals surface area contributed by atoms with E-state index in [0.29, 0.717) is 18.9 Å². The minimum Gasteiger partial charge on any atom is -0.486 e. The molecule has 0 radical (unpaired) electrons. The minimum atomic E-state index is -0.101. The van der Waals surface area contributed by atoms with Gasteiger partial charge in [-0.15, -0.1) is 0 Å². The van der Waals surface area contributed by atoms with Crippen molar-refractivity contribution < 1.29 is 14.3 Å². The maximum Gasteiger partial charge on any atom is 0.274 e. The third kappa shape index (κ3) is 3.22. The molecule has 1 amide bonds. The molecule has 2 aromatic rings. The number of carbonyl (C=O) groups is 1. The SMILES string of the molecule is CCCc1cc(C(=O)N(C)[C@H](C)c2ccc3c(c2)OCCO3)n[nH]1. The first-order chi connectivity index (χ1) is 11.6. The number of nitrogens with zero attached hydrogens (tertiary/aromatic N) is 2. The molecule has 0 saturated heterocycles. The number of benzene rings is 1. The highest BCUT2D eigenvalue weighted by Gasteiger charge is 2.23. The number of carbonyl (C=O) groups excluding carboxylic acids is 1. The Bertz CT molecular complexity index is 726. The second-order valence-corrected chi connectivity index (χ2v) is 6.02. The summed E-state index contributed by atoms with van der Waals surface area (Å²) in [5.74, 6) is 1.38. The molecule has 6 nitrogen and oxygen atoms in total. The number of aromatic amines is 1. The summed E-state index contributed by atoms with van der Waals surface area (Å²) in [6.07, 6.45) is 1.90. The molecule has 128 valence electrons. The number of aromatic nitrogens is 2. The van der Waals surface area contributed by atoms with Gasteiger partial charge in [-0.05, 0) is 37.1 Å². The molecular formula is C18H23N3O3. The van der Waals surface area contributed by atoms with Gasteiger partial charge in [-0.1, -0.05) is 19.4 Å². The van der Waals surface area contributed by atoms with E-state index in [4.69, 9.17) is 9.47 Å². The van der Waals surface area contributed by atoms with Crippen molar-refractivity contribution in [2.75, 3.05) is 20.3 Å². The fraction of sp³-hybridized carbons (Fsp3) is 0.444. The predicted octanol–water partition coefficient (Wildman–Crippen LogP) is 2.97. The Labute approximate surface area is 141 Å². The number of ether oxygens (including phenoxy) is 2. The number of aryl methyl sites for hydroxylation is 1. The zero-order valence-corrected chi connectivity index (χ0v) is 14.3. The van der Waals surface area contributed by atoms with E-state index in [-0.39, 0.29) is 11.9 Å². The fourth-order valence-electron chi connectivity index (χ4n) is 2.77. The highest BCUT2D eigenvalue weighted by molar-refractivity contribution is 5.92. The number of hydrogen-bond acceptors (Lipinski definition) is 4. The van der Waals surface area contributed by atoms with Crippen molar-refractivity contribution in [2.24, 2.45) is 0 Å². The normalized spacial score (nSPS) is 14.3. The van der Waals surface area contributed by atoms with Gasteiger partial charge in [0.2, 0.25) is 0 Å². The number of amides is 1. The average Bonchev–Trinajstić information content (AvgIpc) is 3.08. The summed E-state index contributed by atoms with van der Waals surface area (Å²) in [5.41, 5.74) is 2.44. The van der Waals surface area contributed by atoms with E-state index in [1.165, 1.54) is 0 Å². The van der Waals surface area contributed by atoms with Crippen LogP contribution in [0.3, 0.4) is 0 Å². The second kappa shape index (κ2) is 6.95. The van der Waals surface area contributed by atoms with Crippen LogP contribution in [0.4, 0.5) is 0 Å². The van der Waals surface area contributed by atoms with Crippen molar-refractivity contribution >= 4 is 5.91 Å². The van der Waals surface area contributed by atoms with Crippen LogP contribution in [0.15, 0.2) is 24.3 Å². The van der Waals surface area contributed by atoms with Gasteiger partial charge in [-0.25, -0.2) is 0 Å². The van der Waals surface area contributed by atoms with E-state index in [0.717, 1.165) is 35.6 Å². The first kappa shape index (κ1) is 16.4. The molecule has 0 aliphatic carbocycles. The minimum absolute atomic E-state index is 0.0975. The Morgan fingerprint density at radius 2 is 2.04 bits per heavy atom. The molecule has 0 unspecified atom stereocenters. The summed E-state index contributed by atoms with van der Waals surface area (Å²) in [5, 5.41) is 7.07. The lowest BCUT2D eigenvalue weighted by Gasteiger charge is -2.26. The molecule has 24 heavy (non-hydrogen) atoms. The molecule has 1 N–H and O–H groups in total. The van der Waals surface area contributed by atoms with Crippen LogP contribution in [0.5, 0.6) is 11.5 Å². The van der Waals surface area contributed by atoms with Crippen LogP contribution in [-0.2, 0) is 6.42 Å². The zero-order valence-electron chi connectivity index (χ0n) is 14.3. The van der Waals surface area contributed by atoms with Gasteiger partial charge in [0.25, 0.3) is 5.91 Å². The lowest BCUT2D eigenvalue weighted by Crippen LogP contribution is -2.30. The summed E-state index contributed by atoms with van der Waals surface area (Å²) < 4.78 is 11.2. The van der Waals surface area contributed by atoms with E-state index >= 15 is 0 Å². The maximum atomic E-state index is 12.7. The van der Waals surface area contributed by atoms with E-state index in [2.05, 4.69) is 17.1 Å². The lowest BCUT2D eigenvalue weighted by molar-refractivity contribution is 0.0736. The molecule has 1 atom stereocenters. The van der Waals surface area contributed by atoms with Gasteiger partial charge in [-0.2, -0.15) is 5.10 Å². The Morgan fingerprint density at radius 1 is 1.29 bits per heavy atom. The van der Waals surface area contributed by atoms with Crippen LogP contribution in [0, 0.1) is 0 Å². The van der Waals surface area contributed by atoms with Gasteiger partial charge >= 0.3 is 0 Å². The fourth-order valence-corrected chi connectivity index (χ4v) is 2.77. The van der Waals surface area contributed by atoms with Gasteiger partial charge in [-0.3, -0.25) is 9.89 Å². The third-order valence-corrected chi connectivity index (χ3v) is 4.32. The smallest absolute Gasteiger partial charge is 0.274 e. The van der Waals surface area contributed by atoms with Gasteiger partial charge in [0.15, 0.2) is 11.5 Å². The largest absolute Gasteiger partial charge is 0.486 e. The Hall–Kier alpha value is -2.50. The summed E-state index contributed by atoms with van der Waals surface area (Å²) in [6, 6.07) is 7.54. The van der Waals surface area contributed by atoms with Crippen LogP contribution in [0.2, 0.25) is 0 Å². The molecule has 3 rings (SSSR count). The number of nitrogens with one attached hydrogen (secondary N) is 1. The maximum absolute atomic E-state index is 12.7. The van der Waals surface area contributed by atoms with Gasteiger partial charge < -0.3 is 14.4 Å². The number of H-pyrrole nitrogens is 1. The molecule has 1 aromatic carbocycles. The van der Waals surface area contributed by atoms with Crippen molar-refractivity contribution in [2.45, 2.75) is 32.7 Å². The van der Waals surface area contributed by atoms with Crippen LogP contribution in [0.1, 0.15) is 48.1 Å². The molecule has 6 heteroatoms. The number of rotatable bonds is 5. The lowest BCUT2D eigenvalue weighted by atomic mass is 10.1. The molecular weight excluding hydrogens is 306 g/mol. The van der Waals surface area contributed by atoms with Crippen LogP contribution < -0.4 is 9.47 Å². The zero-order chi connectivity index (χ0) is 17.1. The molecule has 2 heterocycles. The Kier molecular flexibility index (Phi) is 4.74. The van der Waals surface area contributed by atoms with Gasteiger partial charge in [0.05, 0.1) is 6.04 Å². The molecule has 1 aromatic heterocycles. The molecule has 1 aliphatic rings. The van der Waals surface area contributed by atoms with Crippen molar-refractivity contribution in [3.63, 3.8) is 0 Å². The topological polar surface area (TPSA) is 67.5 Å². The average molecular weight is 329 g/mol. The second-order valence-electron chi connectivity index (χ2n) is 6.02. The number of hydrogen-bond donors (Lipinski definition) is 1. The highest BCUT2D eigenvalue weighted by atomic mass is 16.6. The molecule has 0 fully saturated rings. The summed E-state index contributed by atoms with van der Waals surface area (Å²) in [6.45, 7) is 5.20. The molecule has 1 aliphatic heterocycles. The Morgan fingerprint density at radius 3 is 2.79 bits per heavy atom. The van der Waals surface area contributed by atoms with Crippen molar-refractivity contribution in [3.05, 3.63) is 41.2 Å². The Balaban J connectivity index is 1.75. The van der Waals surface area contributed by atoms with Crippen LogP contribution >= 0.6 is 0 Å².